The van der Waals surface area contributed by atoms with Gasteiger partial charge < -0.3 is 10.2 Å². The van der Waals surface area contributed by atoms with Gasteiger partial charge in [-0.2, -0.15) is 0 Å². The number of hydrogen-bond acceptors (Lipinski definition) is 4. The van der Waals surface area contributed by atoms with Crippen molar-refractivity contribution in [3.8, 4) is 0 Å². The highest BCUT2D eigenvalue weighted by Gasteiger charge is 2.33. The lowest BCUT2D eigenvalue weighted by atomic mass is 10.1. The molecule has 0 radical (unpaired) electrons. The van der Waals surface area contributed by atoms with Crippen molar-refractivity contribution in [3.63, 3.8) is 0 Å². The van der Waals surface area contributed by atoms with Gasteiger partial charge in [-0.05, 0) is 74.7 Å². The van der Waals surface area contributed by atoms with Crippen molar-refractivity contribution in [3.05, 3.63) is 95.3 Å². The minimum atomic E-state index is -4.24. The Morgan fingerprint density at radius 2 is 1.55 bits per heavy atom. The summed E-state index contributed by atoms with van der Waals surface area (Å²) in [6, 6.07) is 18.0. The maximum absolute atomic E-state index is 13.9. The van der Waals surface area contributed by atoms with Crippen molar-refractivity contribution in [2.45, 2.75) is 51.6 Å². The van der Waals surface area contributed by atoms with Crippen LogP contribution in [0.25, 0.3) is 0 Å². The molecule has 0 aliphatic carbocycles. The van der Waals surface area contributed by atoms with E-state index in [1.54, 1.807) is 31.2 Å². The first-order chi connectivity index (χ1) is 18.1. The van der Waals surface area contributed by atoms with Crippen molar-refractivity contribution < 1.29 is 22.4 Å². The smallest absolute Gasteiger partial charge is 0.264 e. The van der Waals surface area contributed by atoms with Gasteiger partial charge >= 0.3 is 0 Å². The summed E-state index contributed by atoms with van der Waals surface area (Å²) in [4.78, 5) is 28.2. The minimum Gasteiger partial charge on any atom is -0.355 e. The van der Waals surface area contributed by atoms with Crippen molar-refractivity contribution >= 4 is 27.5 Å². The molecule has 38 heavy (non-hydrogen) atoms. The molecular weight excluding hydrogens is 505 g/mol. The molecule has 0 bridgehead atoms. The Labute approximate surface area is 224 Å². The maximum Gasteiger partial charge on any atom is 0.264 e. The highest BCUT2D eigenvalue weighted by Crippen LogP contribution is 2.25. The molecule has 3 aromatic rings. The molecular formula is C29H34FN3O4S. The SMILES string of the molecule is CCNC(=O)[C@@H](CC)N(Cc1ccccc1C)C(=O)CN(c1ccc(C)cc1)S(=O)(=O)c1ccc(F)cc1. The molecule has 202 valence electrons. The van der Waals surface area contributed by atoms with Gasteiger partial charge in [-0.15, -0.1) is 0 Å². The molecule has 0 saturated heterocycles. The highest BCUT2D eigenvalue weighted by molar-refractivity contribution is 7.92. The summed E-state index contributed by atoms with van der Waals surface area (Å²) in [5.74, 6) is -1.41. The molecule has 0 aliphatic rings. The van der Waals surface area contributed by atoms with Crippen molar-refractivity contribution in [2.75, 3.05) is 17.4 Å². The number of nitrogens with one attached hydrogen (secondary N) is 1. The van der Waals surface area contributed by atoms with Gasteiger partial charge in [0.05, 0.1) is 10.6 Å². The van der Waals surface area contributed by atoms with Crippen LogP contribution in [-0.4, -0.2) is 44.3 Å². The summed E-state index contributed by atoms with van der Waals surface area (Å²) in [7, 11) is -4.24. The molecule has 0 aromatic heterocycles. The molecule has 1 N–H and O–H groups in total. The molecule has 0 fully saturated rings. The van der Waals surface area contributed by atoms with Crippen LogP contribution in [0.1, 0.15) is 37.0 Å². The monoisotopic (exact) mass is 539 g/mol. The number of carbonyl (C=O) groups excluding carboxylic acids is 2. The zero-order valence-corrected chi connectivity index (χ0v) is 23.0. The third-order valence-corrected chi connectivity index (χ3v) is 8.13. The quantitative estimate of drug-likeness (QED) is 0.387. The van der Waals surface area contributed by atoms with Gasteiger partial charge in [-0.1, -0.05) is 48.9 Å². The summed E-state index contributed by atoms with van der Waals surface area (Å²) in [5, 5.41) is 2.78. The number of likely N-dealkylation sites (N-methyl/N-ethyl adjacent to an activating group) is 1. The van der Waals surface area contributed by atoms with E-state index in [1.807, 2.05) is 45.0 Å². The lowest BCUT2D eigenvalue weighted by Gasteiger charge is -2.33. The number of hydrogen-bond donors (Lipinski definition) is 1. The summed E-state index contributed by atoms with van der Waals surface area (Å²) < 4.78 is 42.0. The van der Waals surface area contributed by atoms with Crippen molar-refractivity contribution in [1.82, 2.24) is 10.2 Å². The Kier molecular flexibility index (Phi) is 9.63. The normalized spacial score (nSPS) is 12.0. The van der Waals surface area contributed by atoms with Crippen LogP contribution in [0.4, 0.5) is 10.1 Å². The Hall–Kier alpha value is -3.72. The number of carbonyl (C=O) groups is 2. The van der Waals surface area contributed by atoms with E-state index in [0.29, 0.717) is 13.0 Å². The van der Waals surface area contributed by atoms with Crippen LogP contribution in [0.5, 0.6) is 0 Å². The Bertz CT molecular complexity index is 1360. The maximum atomic E-state index is 13.9. The summed E-state index contributed by atoms with van der Waals surface area (Å²) in [6.07, 6.45) is 0.346. The van der Waals surface area contributed by atoms with E-state index in [2.05, 4.69) is 5.32 Å². The van der Waals surface area contributed by atoms with Gasteiger partial charge in [0.25, 0.3) is 10.0 Å². The number of rotatable bonds is 11. The largest absolute Gasteiger partial charge is 0.355 e. The fraction of sp³-hybridized carbons (Fsp3) is 0.310. The lowest BCUT2D eigenvalue weighted by Crippen LogP contribution is -2.52. The van der Waals surface area contributed by atoms with Gasteiger partial charge in [0.2, 0.25) is 11.8 Å². The Balaban J connectivity index is 2.06. The molecule has 0 saturated carbocycles. The number of halogens is 1. The van der Waals surface area contributed by atoms with Crippen LogP contribution in [0.15, 0.2) is 77.7 Å². The summed E-state index contributed by atoms with van der Waals surface area (Å²) >= 11 is 0. The second kappa shape index (κ2) is 12.7. The average molecular weight is 540 g/mol. The molecule has 0 heterocycles. The molecule has 3 rings (SSSR count). The second-order valence-electron chi connectivity index (χ2n) is 9.07. The predicted molar refractivity (Wildman–Crippen MR) is 147 cm³/mol. The highest BCUT2D eigenvalue weighted by atomic mass is 32.2. The molecule has 0 aliphatic heterocycles. The average Bonchev–Trinajstić information content (AvgIpc) is 2.89. The summed E-state index contributed by atoms with van der Waals surface area (Å²) in [5.41, 5.74) is 3.01. The number of nitrogens with zero attached hydrogens (tertiary/aromatic N) is 2. The zero-order valence-electron chi connectivity index (χ0n) is 22.1. The number of benzene rings is 3. The first-order valence-corrected chi connectivity index (χ1v) is 14.0. The van der Waals surface area contributed by atoms with Gasteiger partial charge in [0.1, 0.15) is 18.4 Å². The molecule has 2 amide bonds. The van der Waals surface area contributed by atoms with Gasteiger partial charge in [0, 0.05) is 13.1 Å². The molecule has 3 aromatic carbocycles. The van der Waals surface area contributed by atoms with Gasteiger partial charge in [-0.3, -0.25) is 13.9 Å². The van der Waals surface area contributed by atoms with Crippen LogP contribution in [0.3, 0.4) is 0 Å². The van der Waals surface area contributed by atoms with E-state index in [4.69, 9.17) is 0 Å². The first kappa shape index (κ1) is 28.8. The topological polar surface area (TPSA) is 86.8 Å². The van der Waals surface area contributed by atoms with Crippen molar-refractivity contribution in [2.24, 2.45) is 0 Å². The van der Waals surface area contributed by atoms with Gasteiger partial charge in [-0.25, -0.2) is 12.8 Å². The van der Waals surface area contributed by atoms with E-state index in [-0.39, 0.29) is 23.0 Å². The van der Waals surface area contributed by atoms with E-state index >= 15 is 0 Å². The number of anilines is 1. The van der Waals surface area contributed by atoms with Crippen LogP contribution in [0, 0.1) is 19.7 Å². The van der Waals surface area contributed by atoms with E-state index < -0.39 is 34.3 Å². The first-order valence-electron chi connectivity index (χ1n) is 12.5. The number of aryl methyl sites for hydroxylation is 2. The third-order valence-electron chi connectivity index (χ3n) is 6.34. The zero-order chi connectivity index (χ0) is 27.9. The van der Waals surface area contributed by atoms with E-state index in [1.165, 1.54) is 17.0 Å². The Morgan fingerprint density at radius 3 is 2.13 bits per heavy atom. The number of amides is 2. The fourth-order valence-electron chi connectivity index (χ4n) is 4.16. The molecule has 1 atom stereocenters. The van der Waals surface area contributed by atoms with Crippen LogP contribution >= 0.6 is 0 Å². The fourth-order valence-corrected chi connectivity index (χ4v) is 5.57. The molecule has 0 unspecified atom stereocenters. The molecule has 9 heteroatoms. The predicted octanol–water partition coefficient (Wildman–Crippen LogP) is 4.58. The lowest BCUT2D eigenvalue weighted by molar-refractivity contribution is -0.140. The molecule has 7 nitrogen and oxygen atoms in total. The minimum absolute atomic E-state index is 0.138. The number of sulfonamides is 1. The van der Waals surface area contributed by atoms with Gasteiger partial charge in [0.15, 0.2) is 0 Å². The standard InChI is InChI=1S/C29H34FN3O4S/c1-5-27(29(35)31-6-2)32(19-23-10-8-7-9-22(23)4)28(34)20-33(25-15-11-21(3)12-16-25)38(36,37)26-17-13-24(30)14-18-26/h7-18,27H,5-6,19-20H2,1-4H3,(H,31,35)/t27-/m1/s1. The van der Waals surface area contributed by atoms with Crippen molar-refractivity contribution in [1.29, 1.82) is 0 Å². The molecule has 0 spiro atoms. The third kappa shape index (κ3) is 6.77. The van der Waals surface area contributed by atoms with Crippen LogP contribution < -0.4 is 9.62 Å². The summed E-state index contributed by atoms with van der Waals surface area (Å²) in [6.45, 7) is 7.40. The second-order valence-corrected chi connectivity index (χ2v) is 10.9. The van der Waals surface area contributed by atoms with Crippen LogP contribution in [0.2, 0.25) is 0 Å². The Morgan fingerprint density at radius 1 is 0.921 bits per heavy atom. The van der Waals surface area contributed by atoms with E-state index in [9.17, 15) is 22.4 Å². The van der Waals surface area contributed by atoms with E-state index in [0.717, 1.165) is 33.1 Å². The van der Waals surface area contributed by atoms with Crippen LogP contribution in [-0.2, 0) is 26.2 Å².